The van der Waals surface area contributed by atoms with Crippen LogP contribution in [0.2, 0.25) is 0 Å². The van der Waals surface area contributed by atoms with Crippen molar-refractivity contribution in [3.8, 4) is 0 Å². The Morgan fingerprint density at radius 3 is 2.55 bits per heavy atom. The van der Waals surface area contributed by atoms with E-state index in [0.717, 1.165) is 31.5 Å². The maximum Gasteiger partial charge on any atom is 0.236 e. The van der Waals surface area contributed by atoms with Crippen molar-refractivity contribution in [2.75, 3.05) is 19.6 Å². The summed E-state index contributed by atoms with van der Waals surface area (Å²) in [6.07, 6.45) is 1.82. The smallest absolute Gasteiger partial charge is 0.236 e. The Hall–Kier alpha value is -1.42. The molecule has 0 bridgehead atoms. The molecule has 0 aliphatic heterocycles. The molecule has 0 heterocycles. The number of carbonyl (C=O) groups is 1. The van der Waals surface area contributed by atoms with Gasteiger partial charge >= 0.3 is 0 Å². The van der Waals surface area contributed by atoms with Gasteiger partial charge in [-0.25, -0.2) is 4.39 Å². The molecule has 1 amide bonds. The molecule has 0 atom stereocenters. The van der Waals surface area contributed by atoms with Gasteiger partial charge in [-0.2, -0.15) is 0 Å². The third kappa shape index (κ3) is 3.37. The van der Waals surface area contributed by atoms with Crippen LogP contribution in [0.1, 0.15) is 38.2 Å². The van der Waals surface area contributed by atoms with Gasteiger partial charge < -0.3 is 10.2 Å². The van der Waals surface area contributed by atoms with E-state index in [1.807, 2.05) is 30.9 Å². The van der Waals surface area contributed by atoms with Crippen molar-refractivity contribution in [2.45, 2.75) is 38.6 Å². The van der Waals surface area contributed by atoms with E-state index in [4.69, 9.17) is 0 Å². The van der Waals surface area contributed by atoms with Gasteiger partial charge in [-0.3, -0.25) is 4.79 Å². The van der Waals surface area contributed by atoms with Crippen LogP contribution in [0.4, 0.5) is 4.39 Å². The van der Waals surface area contributed by atoms with Crippen LogP contribution in [0, 0.1) is 5.82 Å². The van der Waals surface area contributed by atoms with Gasteiger partial charge in [0.1, 0.15) is 5.82 Å². The molecule has 1 aromatic rings. The minimum atomic E-state index is -0.116. The number of benzene rings is 1. The molecule has 0 radical (unpaired) electrons. The lowest BCUT2D eigenvalue weighted by molar-refractivity contribution is -0.130. The second-order valence-corrected chi connectivity index (χ2v) is 5.33. The zero-order valence-electron chi connectivity index (χ0n) is 12.2. The molecule has 0 aromatic heterocycles. The maximum absolute atomic E-state index is 13.6. The number of hydrogen-bond acceptors (Lipinski definition) is 2. The highest BCUT2D eigenvalue weighted by Crippen LogP contribution is 2.37. The predicted octanol–water partition coefficient (Wildman–Crippen LogP) is 2.53. The van der Waals surface area contributed by atoms with E-state index in [0.29, 0.717) is 12.6 Å². The molecule has 0 saturated heterocycles. The molecule has 1 aliphatic rings. The van der Waals surface area contributed by atoms with Crippen LogP contribution in [-0.4, -0.2) is 36.5 Å². The fourth-order valence-corrected chi connectivity index (χ4v) is 2.76. The number of likely N-dealkylation sites (N-methyl/N-ethyl adjacent to an activating group) is 1. The van der Waals surface area contributed by atoms with Crippen LogP contribution in [0.15, 0.2) is 24.3 Å². The molecule has 1 N–H and O–H groups in total. The Balaban J connectivity index is 1.75. The fourth-order valence-electron chi connectivity index (χ4n) is 2.76. The van der Waals surface area contributed by atoms with E-state index < -0.39 is 0 Å². The zero-order chi connectivity index (χ0) is 14.5. The van der Waals surface area contributed by atoms with E-state index in [2.05, 4.69) is 5.32 Å². The first-order valence-corrected chi connectivity index (χ1v) is 7.41. The monoisotopic (exact) mass is 278 g/mol. The van der Waals surface area contributed by atoms with E-state index in [1.54, 1.807) is 6.07 Å². The summed E-state index contributed by atoms with van der Waals surface area (Å²) in [6, 6.07) is 7.30. The van der Waals surface area contributed by atoms with Crippen LogP contribution >= 0.6 is 0 Å². The standard InChI is InChI=1S/C16H23FN2O/c1-3-19(4-2)16(20)11-18-13-9-12(10-13)14-7-5-6-8-15(14)17/h5-8,12-13,18H,3-4,9-11H2,1-2H3. The van der Waals surface area contributed by atoms with Crippen molar-refractivity contribution in [3.63, 3.8) is 0 Å². The molecule has 1 aliphatic carbocycles. The Morgan fingerprint density at radius 1 is 1.30 bits per heavy atom. The van der Waals surface area contributed by atoms with Crippen LogP contribution < -0.4 is 5.32 Å². The highest BCUT2D eigenvalue weighted by molar-refractivity contribution is 5.78. The highest BCUT2D eigenvalue weighted by atomic mass is 19.1. The van der Waals surface area contributed by atoms with Crippen LogP contribution in [-0.2, 0) is 4.79 Å². The SMILES string of the molecule is CCN(CC)C(=O)CNC1CC(c2ccccc2F)C1. The molecule has 3 nitrogen and oxygen atoms in total. The lowest BCUT2D eigenvalue weighted by Gasteiger charge is -2.36. The Bertz CT molecular complexity index is 454. The van der Waals surface area contributed by atoms with E-state index in [1.165, 1.54) is 6.07 Å². The molecule has 1 fully saturated rings. The lowest BCUT2D eigenvalue weighted by Crippen LogP contribution is -2.46. The van der Waals surface area contributed by atoms with Gasteiger partial charge in [0.05, 0.1) is 6.54 Å². The zero-order valence-corrected chi connectivity index (χ0v) is 12.2. The first-order valence-electron chi connectivity index (χ1n) is 7.41. The van der Waals surface area contributed by atoms with Gasteiger partial charge in [-0.1, -0.05) is 18.2 Å². The molecule has 20 heavy (non-hydrogen) atoms. The molecule has 2 rings (SSSR count). The van der Waals surface area contributed by atoms with Crippen LogP contribution in [0.25, 0.3) is 0 Å². The maximum atomic E-state index is 13.6. The number of rotatable bonds is 6. The largest absolute Gasteiger partial charge is 0.342 e. The molecule has 0 unspecified atom stereocenters. The van der Waals surface area contributed by atoms with Gasteiger partial charge in [0.15, 0.2) is 0 Å². The van der Waals surface area contributed by atoms with Gasteiger partial charge in [0, 0.05) is 19.1 Å². The first kappa shape index (κ1) is 15.0. The molecular weight excluding hydrogens is 255 g/mol. The van der Waals surface area contributed by atoms with Gasteiger partial charge in [0.25, 0.3) is 0 Å². The van der Waals surface area contributed by atoms with Crippen molar-refractivity contribution >= 4 is 5.91 Å². The fraction of sp³-hybridized carbons (Fsp3) is 0.562. The molecule has 4 heteroatoms. The number of carbonyl (C=O) groups excluding carboxylic acids is 1. The molecule has 1 aromatic carbocycles. The quantitative estimate of drug-likeness (QED) is 0.867. The normalized spacial score (nSPS) is 21.4. The summed E-state index contributed by atoms with van der Waals surface area (Å²) in [7, 11) is 0. The van der Waals surface area contributed by atoms with Crippen molar-refractivity contribution in [2.24, 2.45) is 0 Å². The van der Waals surface area contributed by atoms with Crippen molar-refractivity contribution in [3.05, 3.63) is 35.6 Å². The number of amides is 1. The Labute approximate surface area is 120 Å². The molecular formula is C16H23FN2O. The van der Waals surface area contributed by atoms with Crippen LogP contribution in [0.3, 0.4) is 0 Å². The second kappa shape index (κ2) is 6.84. The number of nitrogens with zero attached hydrogens (tertiary/aromatic N) is 1. The van der Waals surface area contributed by atoms with Crippen LogP contribution in [0.5, 0.6) is 0 Å². The molecule has 1 saturated carbocycles. The summed E-state index contributed by atoms with van der Waals surface area (Å²) >= 11 is 0. The minimum absolute atomic E-state index is 0.116. The van der Waals surface area contributed by atoms with Crippen molar-refractivity contribution in [1.82, 2.24) is 10.2 Å². The number of nitrogens with one attached hydrogen (secondary N) is 1. The number of hydrogen-bond donors (Lipinski definition) is 1. The summed E-state index contributed by atoms with van der Waals surface area (Å²) in [5.41, 5.74) is 0.806. The third-order valence-corrected chi connectivity index (χ3v) is 4.14. The lowest BCUT2D eigenvalue weighted by atomic mass is 9.75. The second-order valence-electron chi connectivity index (χ2n) is 5.33. The average molecular weight is 278 g/mol. The average Bonchev–Trinajstić information content (AvgIpc) is 2.40. The number of halogens is 1. The molecule has 110 valence electrons. The Morgan fingerprint density at radius 2 is 1.95 bits per heavy atom. The first-order chi connectivity index (χ1) is 9.65. The predicted molar refractivity (Wildman–Crippen MR) is 78.1 cm³/mol. The summed E-state index contributed by atoms with van der Waals surface area (Å²) in [6.45, 7) is 5.85. The van der Waals surface area contributed by atoms with E-state index >= 15 is 0 Å². The van der Waals surface area contributed by atoms with Gasteiger partial charge in [-0.15, -0.1) is 0 Å². The Kier molecular flexibility index (Phi) is 5.12. The van der Waals surface area contributed by atoms with E-state index in [-0.39, 0.29) is 17.6 Å². The third-order valence-electron chi connectivity index (χ3n) is 4.14. The minimum Gasteiger partial charge on any atom is -0.342 e. The highest BCUT2D eigenvalue weighted by Gasteiger charge is 2.31. The van der Waals surface area contributed by atoms with Crippen molar-refractivity contribution < 1.29 is 9.18 Å². The summed E-state index contributed by atoms with van der Waals surface area (Å²) in [4.78, 5) is 13.7. The van der Waals surface area contributed by atoms with Gasteiger partial charge in [0.2, 0.25) is 5.91 Å². The van der Waals surface area contributed by atoms with Crippen molar-refractivity contribution in [1.29, 1.82) is 0 Å². The topological polar surface area (TPSA) is 32.3 Å². The molecule has 0 spiro atoms. The summed E-state index contributed by atoms with van der Waals surface area (Å²) in [5, 5.41) is 3.27. The summed E-state index contributed by atoms with van der Waals surface area (Å²) in [5.74, 6) is 0.316. The van der Waals surface area contributed by atoms with Gasteiger partial charge in [-0.05, 0) is 44.2 Å². The van der Waals surface area contributed by atoms with E-state index in [9.17, 15) is 9.18 Å². The summed E-state index contributed by atoms with van der Waals surface area (Å²) < 4.78 is 13.6.